The van der Waals surface area contributed by atoms with Crippen LogP contribution in [0.15, 0.2) is 27.8 Å². The monoisotopic (exact) mass is 312 g/mol. The summed E-state index contributed by atoms with van der Waals surface area (Å²) in [5.41, 5.74) is -0.897. The summed E-state index contributed by atoms with van der Waals surface area (Å²) in [5, 5.41) is 19.3. The number of aromatic nitrogens is 2. The molecule has 3 atom stereocenters. The van der Waals surface area contributed by atoms with Gasteiger partial charge in [0.2, 0.25) is 0 Å². The molecule has 0 unspecified atom stereocenters. The van der Waals surface area contributed by atoms with E-state index in [4.69, 9.17) is 21.4 Å². The summed E-state index contributed by atoms with van der Waals surface area (Å²) < 4.78 is 6.71. The van der Waals surface area contributed by atoms with Gasteiger partial charge in [-0.3, -0.25) is 14.3 Å². The maximum absolute atomic E-state index is 12.1. The van der Waals surface area contributed by atoms with E-state index in [0.29, 0.717) is 5.52 Å². The van der Waals surface area contributed by atoms with Gasteiger partial charge in [0.05, 0.1) is 28.6 Å². The Balaban J connectivity index is 2.22. The molecule has 3 N–H and O–H groups in total. The number of benzene rings is 1. The van der Waals surface area contributed by atoms with Crippen molar-refractivity contribution in [2.24, 2.45) is 0 Å². The Morgan fingerprint density at radius 3 is 2.86 bits per heavy atom. The van der Waals surface area contributed by atoms with Crippen LogP contribution in [-0.2, 0) is 4.74 Å². The Hall–Kier alpha value is -1.67. The van der Waals surface area contributed by atoms with Crippen molar-refractivity contribution in [2.45, 2.75) is 24.9 Å². The third-order valence-electron chi connectivity index (χ3n) is 3.59. The fourth-order valence-corrected chi connectivity index (χ4v) is 2.85. The number of aliphatic hydroxyl groups is 2. The number of aromatic amines is 1. The highest BCUT2D eigenvalue weighted by Gasteiger charge is 2.35. The van der Waals surface area contributed by atoms with Crippen LogP contribution >= 0.6 is 11.6 Å². The first kappa shape index (κ1) is 14.3. The molecule has 0 radical (unpaired) electrons. The van der Waals surface area contributed by atoms with E-state index in [2.05, 4.69) is 4.98 Å². The Labute approximate surface area is 123 Å². The van der Waals surface area contributed by atoms with E-state index in [0.717, 1.165) is 0 Å². The Morgan fingerprint density at radius 2 is 2.19 bits per heavy atom. The fraction of sp³-hybridized carbons (Fsp3) is 0.385. The van der Waals surface area contributed by atoms with Crippen LogP contribution in [0.3, 0.4) is 0 Å². The summed E-state index contributed by atoms with van der Waals surface area (Å²) in [6, 6.07) is 4.75. The van der Waals surface area contributed by atoms with Crippen molar-refractivity contribution in [2.75, 3.05) is 6.61 Å². The first-order valence-electron chi connectivity index (χ1n) is 6.40. The van der Waals surface area contributed by atoms with Crippen molar-refractivity contribution in [3.63, 3.8) is 0 Å². The molecule has 1 aliphatic heterocycles. The average molecular weight is 313 g/mol. The van der Waals surface area contributed by atoms with Crippen LogP contribution in [0.1, 0.15) is 12.6 Å². The Bertz CT molecular complexity index is 799. The number of aliphatic hydroxyl groups excluding tert-OH is 2. The van der Waals surface area contributed by atoms with E-state index in [1.54, 1.807) is 18.2 Å². The molecule has 3 rings (SSSR count). The van der Waals surface area contributed by atoms with Gasteiger partial charge in [0.15, 0.2) is 0 Å². The highest BCUT2D eigenvalue weighted by atomic mass is 35.5. The number of halogens is 1. The second kappa shape index (κ2) is 5.27. The zero-order chi connectivity index (χ0) is 15.1. The normalized spacial score (nSPS) is 25.6. The van der Waals surface area contributed by atoms with Crippen LogP contribution in [0.4, 0.5) is 0 Å². The average Bonchev–Trinajstić information content (AvgIpc) is 2.79. The maximum Gasteiger partial charge on any atom is 0.330 e. The number of hydrogen-bond donors (Lipinski definition) is 3. The van der Waals surface area contributed by atoms with Gasteiger partial charge in [0.1, 0.15) is 12.3 Å². The standard InChI is InChI=1S/C13H13ClN2O5/c14-6-2-1-3-7-11(6)12(19)15-13(20)16(7)10-4-8(18)9(5-17)21-10/h1-3,8-10,17-18H,4-5H2,(H,15,19,20)/t8-,9+,10+/m0/s1. The molecular formula is C13H13ClN2O5. The van der Waals surface area contributed by atoms with E-state index in [-0.39, 0.29) is 23.4 Å². The maximum atomic E-state index is 12.1. The zero-order valence-electron chi connectivity index (χ0n) is 10.8. The number of ether oxygens (including phenoxy) is 1. The van der Waals surface area contributed by atoms with Gasteiger partial charge in [-0.25, -0.2) is 4.79 Å². The molecule has 1 fully saturated rings. The lowest BCUT2D eigenvalue weighted by molar-refractivity contribution is -0.0443. The fourth-order valence-electron chi connectivity index (χ4n) is 2.59. The minimum absolute atomic E-state index is 0.138. The van der Waals surface area contributed by atoms with Crippen LogP contribution in [0.5, 0.6) is 0 Å². The van der Waals surface area contributed by atoms with Gasteiger partial charge in [-0.2, -0.15) is 0 Å². The molecule has 2 heterocycles. The van der Waals surface area contributed by atoms with E-state index < -0.39 is 29.7 Å². The summed E-state index contributed by atoms with van der Waals surface area (Å²) in [7, 11) is 0. The first-order chi connectivity index (χ1) is 10.0. The molecule has 21 heavy (non-hydrogen) atoms. The summed E-state index contributed by atoms with van der Waals surface area (Å²) in [6.45, 7) is -0.353. The minimum atomic E-state index is -0.881. The van der Waals surface area contributed by atoms with Crippen molar-refractivity contribution in [3.8, 4) is 0 Å². The molecule has 0 saturated carbocycles. The highest BCUT2D eigenvalue weighted by Crippen LogP contribution is 2.30. The zero-order valence-corrected chi connectivity index (χ0v) is 11.6. The molecule has 1 aromatic carbocycles. The van der Waals surface area contributed by atoms with Gasteiger partial charge in [0.25, 0.3) is 5.56 Å². The quantitative estimate of drug-likeness (QED) is 0.723. The molecule has 1 aromatic heterocycles. The number of hydrogen-bond acceptors (Lipinski definition) is 5. The molecule has 7 nitrogen and oxygen atoms in total. The molecule has 112 valence electrons. The molecule has 2 aromatic rings. The minimum Gasteiger partial charge on any atom is -0.394 e. The second-order valence-electron chi connectivity index (χ2n) is 4.88. The summed E-state index contributed by atoms with van der Waals surface area (Å²) in [5.74, 6) is 0. The van der Waals surface area contributed by atoms with Crippen LogP contribution in [0.2, 0.25) is 5.02 Å². The van der Waals surface area contributed by atoms with Crippen molar-refractivity contribution < 1.29 is 14.9 Å². The van der Waals surface area contributed by atoms with Crippen molar-refractivity contribution in [3.05, 3.63) is 44.1 Å². The van der Waals surface area contributed by atoms with Crippen molar-refractivity contribution in [1.82, 2.24) is 9.55 Å². The van der Waals surface area contributed by atoms with E-state index >= 15 is 0 Å². The predicted molar refractivity (Wildman–Crippen MR) is 75.5 cm³/mol. The predicted octanol–water partition coefficient (Wildman–Crippen LogP) is -0.0161. The highest BCUT2D eigenvalue weighted by molar-refractivity contribution is 6.35. The third-order valence-corrected chi connectivity index (χ3v) is 3.90. The SMILES string of the molecule is O=c1[nH]c(=O)n([C@H]2C[C@H](O)[C@@H](CO)O2)c2cccc(Cl)c12. The van der Waals surface area contributed by atoms with Gasteiger partial charge >= 0.3 is 5.69 Å². The van der Waals surface area contributed by atoms with Crippen molar-refractivity contribution in [1.29, 1.82) is 0 Å². The van der Waals surface area contributed by atoms with Crippen LogP contribution in [0, 0.1) is 0 Å². The molecule has 1 aliphatic rings. The number of H-pyrrole nitrogens is 1. The largest absolute Gasteiger partial charge is 0.394 e. The van der Waals surface area contributed by atoms with Gasteiger partial charge in [-0.1, -0.05) is 17.7 Å². The van der Waals surface area contributed by atoms with Crippen molar-refractivity contribution >= 4 is 22.5 Å². The van der Waals surface area contributed by atoms with E-state index in [9.17, 15) is 14.7 Å². The topological polar surface area (TPSA) is 105 Å². The number of nitrogens with zero attached hydrogens (tertiary/aromatic N) is 1. The van der Waals surface area contributed by atoms with Crippen LogP contribution in [0.25, 0.3) is 10.9 Å². The van der Waals surface area contributed by atoms with Crippen LogP contribution in [-0.4, -0.2) is 38.6 Å². The molecule has 0 aliphatic carbocycles. The Morgan fingerprint density at radius 1 is 1.43 bits per heavy atom. The third kappa shape index (κ3) is 2.28. The van der Waals surface area contributed by atoms with Gasteiger partial charge in [-0.15, -0.1) is 0 Å². The Kier molecular flexibility index (Phi) is 3.58. The molecule has 0 spiro atoms. The lowest BCUT2D eigenvalue weighted by Gasteiger charge is -2.17. The summed E-state index contributed by atoms with van der Waals surface area (Å²) >= 11 is 6.01. The van der Waals surface area contributed by atoms with Gasteiger partial charge < -0.3 is 14.9 Å². The molecule has 0 amide bonds. The summed E-state index contributed by atoms with van der Waals surface area (Å²) in [4.78, 5) is 26.2. The lowest BCUT2D eigenvalue weighted by Crippen LogP contribution is -2.33. The number of nitrogens with one attached hydrogen (secondary N) is 1. The number of fused-ring (bicyclic) bond motifs is 1. The summed E-state index contributed by atoms with van der Waals surface area (Å²) in [6.07, 6.45) is -2.28. The lowest BCUT2D eigenvalue weighted by atomic mass is 10.2. The first-order valence-corrected chi connectivity index (χ1v) is 6.78. The van der Waals surface area contributed by atoms with Crippen LogP contribution < -0.4 is 11.2 Å². The molecule has 8 heteroatoms. The number of rotatable bonds is 2. The molecule has 0 bridgehead atoms. The second-order valence-corrected chi connectivity index (χ2v) is 5.29. The molecule has 1 saturated heterocycles. The van der Waals surface area contributed by atoms with Gasteiger partial charge in [0, 0.05) is 6.42 Å². The van der Waals surface area contributed by atoms with E-state index in [1.807, 2.05) is 0 Å². The van der Waals surface area contributed by atoms with E-state index in [1.165, 1.54) is 4.57 Å². The van der Waals surface area contributed by atoms with Gasteiger partial charge in [-0.05, 0) is 12.1 Å². The smallest absolute Gasteiger partial charge is 0.330 e. The molecular weight excluding hydrogens is 300 g/mol.